The molecule has 1 aliphatic heterocycles. The van der Waals surface area contributed by atoms with Crippen molar-refractivity contribution in [1.29, 1.82) is 0 Å². The lowest BCUT2D eigenvalue weighted by Gasteiger charge is -2.17. The average molecular weight is 403 g/mol. The summed E-state index contributed by atoms with van der Waals surface area (Å²) in [5.41, 5.74) is 3.69. The first-order valence-electron chi connectivity index (χ1n) is 10.4. The molecule has 30 heavy (non-hydrogen) atoms. The third kappa shape index (κ3) is 4.27. The van der Waals surface area contributed by atoms with Gasteiger partial charge in [-0.05, 0) is 61.7 Å². The number of aryl methyl sites for hydroxylation is 1. The van der Waals surface area contributed by atoms with Gasteiger partial charge in [0, 0.05) is 36.8 Å². The van der Waals surface area contributed by atoms with Crippen molar-refractivity contribution in [3.8, 4) is 17.0 Å². The second-order valence-corrected chi connectivity index (χ2v) is 7.26. The van der Waals surface area contributed by atoms with Crippen LogP contribution in [-0.4, -0.2) is 28.8 Å². The molecule has 1 amide bonds. The molecule has 0 bridgehead atoms. The molecular formula is C24H25N3O3. The summed E-state index contributed by atoms with van der Waals surface area (Å²) < 4.78 is 6.91. The van der Waals surface area contributed by atoms with Crippen LogP contribution in [0.4, 0.5) is 5.69 Å². The molecule has 0 fully saturated rings. The van der Waals surface area contributed by atoms with Gasteiger partial charge in [0.05, 0.1) is 12.3 Å². The maximum atomic E-state index is 12.7. The van der Waals surface area contributed by atoms with Gasteiger partial charge in [0.2, 0.25) is 5.91 Å². The molecule has 2 heterocycles. The van der Waals surface area contributed by atoms with Crippen molar-refractivity contribution in [3.05, 3.63) is 76.6 Å². The number of hydrogen-bond donors (Lipinski definition) is 0. The van der Waals surface area contributed by atoms with Crippen molar-refractivity contribution in [3.63, 3.8) is 0 Å². The molecule has 2 aromatic carbocycles. The number of rotatable bonds is 7. The van der Waals surface area contributed by atoms with Crippen LogP contribution in [0, 0.1) is 0 Å². The summed E-state index contributed by atoms with van der Waals surface area (Å²) in [6.45, 7) is 3.69. The fourth-order valence-corrected chi connectivity index (χ4v) is 3.76. The van der Waals surface area contributed by atoms with Crippen LogP contribution in [0.3, 0.4) is 0 Å². The van der Waals surface area contributed by atoms with Crippen molar-refractivity contribution in [2.24, 2.45) is 0 Å². The van der Waals surface area contributed by atoms with E-state index in [9.17, 15) is 9.59 Å². The number of para-hydroxylation sites is 1. The van der Waals surface area contributed by atoms with Crippen LogP contribution in [0.15, 0.2) is 65.5 Å². The molecule has 0 radical (unpaired) electrons. The number of ether oxygens (including phenoxy) is 1. The highest BCUT2D eigenvalue weighted by molar-refractivity contribution is 5.95. The fraction of sp³-hybridized carbons (Fsp3) is 0.292. The average Bonchev–Trinajstić information content (AvgIpc) is 3.20. The maximum Gasteiger partial charge on any atom is 0.266 e. The quantitative estimate of drug-likeness (QED) is 0.604. The van der Waals surface area contributed by atoms with E-state index in [0.29, 0.717) is 26.0 Å². The third-order valence-corrected chi connectivity index (χ3v) is 5.28. The van der Waals surface area contributed by atoms with Crippen LogP contribution >= 0.6 is 0 Å². The lowest BCUT2D eigenvalue weighted by atomic mass is 10.1. The second kappa shape index (κ2) is 8.95. The van der Waals surface area contributed by atoms with Crippen LogP contribution in [0.1, 0.15) is 25.3 Å². The number of carbonyl (C=O) groups is 1. The first-order chi connectivity index (χ1) is 14.7. The molecule has 0 aliphatic carbocycles. The van der Waals surface area contributed by atoms with Gasteiger partial charge in [-0.3, -0.25) is 9.59 Å². The molecule has 0 spiro atoms. The summed E-state index contributed by atoms with van der Waals surface area (Å²) in [4.78, 5) is 26.7. The van der Waals surface area contributed by atoms with Gasteiger partial charge in [-0.2, -0.15) is 5.10 Å². The Hall–Kier alpha value is -3.41. The van der Waals surface area contributed by atoms with Crippen molar-refractivity contribution < 1.29 is 9.53 Å². The van der Waals surface area contributed by atoms with Gasteiger partial charge in [-0.15, -0.1) is 0 Å². The first kappa shape index (κ1) is 19.9. The van der Waals surface area contributed by atoms with Crippen LogP contribution in [0.5, 0.6) is 5.75 Å². The van der Waals surface area contributed by atoms with Crippen molar-refractivity contribution >= 4 is 11.6 Å². The standard InChI is InChI=1S/C24H25N3O3/c1-2-30-20-11-9-18(10-12-20)21-13-14-24(29)27(25-21)16-5-8-23(28)26-17-15-19-6-3-4-7-22(19)26/h3-4,6-7,9-14H,2,5,8,15-17H2,1H3. The van der Waals surface area contributed by atoms with Gasteiger partial charge in [0.15, 0.2) is 0 Å². The molecule has 6 nitrogen and oxygen atoms in total. The predicted octanol–water partition coefficient (Wildman–Crippen LogP) is 3.68. The minimum atomic E-state index is -0.163. The van der Waals surface area contributed by atoms with Gasteiger partial charge < -0.3 is 9.64 Å². The molecule has 1 aromatic heterocycles. The minimum Gasteiger partial charge on any atom is -0.494 e. The largest absolute Gasteiger partial charge is 0.494 e. The SMILES string of the molecule is CCOc1ccc(-c2ccc(=O)n(CCCC(=O)N3CCc4ccccc43)n2)cc1. The Labute approximate surface area is 175 Å². The number of anilines is 1. The van der Waals surface area contributed by atoms with Gasteiger partial charge in [-0.1, -0.05) is 18.2 Å². The zero-order valence-electron chi connectivity index (χ0n) is 17.1. The fourth-order valence-electron chi connectivity index (χ4n) is 3.76. The van der Waals surface area contributed by atoms with Crippen LogP contribution in [-0.2, 0) is 17.8 Å². The Bertz CT molecular complexity index is 1090. The number of amides is 1. The van der Waals surface area contributed by atoms with E-state index >= 15 is 0 Å². The highest BCUT2D eigenvalue weighted by Gasteiger charge is 2.23. The van der Waals surface area contributed by atoms with Gasteiger partial charge in [0.25, 0.3) is 5.56 Å². The predicted molar refractivity (Wildman–Crippen MR) is 117 cm³/mol. The normalized spacial score (nSPS) is 12.6. The summed E-state index contributed by atoms with van der Waals surface area (Å²) in [6.07, 6.45) is 1.85. The smallest absolute Gasteiger partial charge is 0.266 e. The van der Waals surface area contributed by atoms with E-state index < -0.39 is 0 Å². The molecule has 6 heteroatoms. The molecule has 1 aliphatic rings. The van der Waals surface area contributed by atoms with E-state index in [4.69, 9.17) is 4.74 Å². The highest BCUT2D eigenvalue weighted by atomic mass is 16.5. The summed E-state index contributed by atoms with van der Waals surface area (Å²) in [5, 5.41) is 4.49. The topological polar surface area (TPSA) is 64.4 Å². The molecule has 0 atom stereocenters. The van der Waals surface area contributed by atoms with E-state index in [1.807, 2.05) is 54.3 Å². The Morgan fingerprint density at radius 2 is 1.87 bits per heavy atom. The van der Waals surface area contributed by atoms with Crippen LogP contribution in [0.25, 0.3) is 11.3 Å². The number of hydrogen-bond acceptors (Lipinski definition) is 4. The number of fused-ring (bicyclic) bond motifs is 1. The van der Waals surface area contributed by atoms with E-state index in [1.165, 1.54) is 16.3 Å². The zero-order valence-corrected chi connectivity index (χ0v) is 17.1. The Balaban J connectivity index is 1.40. The Kier molecular flexibility index (Phi) is 5.93. The Morgan fingerprint density at radius 1 is 1.07 bits per heavy atom. The first-order valence-corrected chi connectivity index (χ1v) is 10.4. The monoisotopic (exact) mass is 403 g/mol. The maximum absolute atomic E-state index is 12.7. The molecule has 0 saturated heterocycles. The van der Waals surface area contributed by atoms with Crippen molar-refractivity contribution in [2.75, 3.05) is 18.1 Å². The molecule has 0 N–H and O–H groups in total. The van der Waals surface area contributed by atoms with Gasteiger partial charge in [-0.25, -0.2) is 4.68 Å². The van der Waals surface area contributed by atoms with E-state index in [-0.39, 0.29) is 11.5 Å². The number of nitrogens with zero attached hydrogens (tertiary/aromatic N) is 3. The number of benzene rings is 2. The van der Waals surface area contributed by atoms with E-state index in [1.54, 1.807) is 6.07 Å². The lowest BCUT2D eigenvalue weighted by molar-refractivity contribution is -0.118. The molecular weight excluding hydrogens is 378 g/mol. The van der Waals surface area contributed by atoms with Gasteiger partial charge in [0.1, 0.15) is 5.75 Å². The van der Waals surface area contributed by atoms with Crippen LogP contribution in [0.2, 0.25) is 0 Å². The molecule has 4 rings (SSSR count). The molecule has 154 valence electrons. The molecule has 0 unspecified atom stereocenters. The summed E-state index contributed by atoms with van der Waals surface area (Å²) in [5.74, 6) is 0.896. The summed E-state index contributed by atoms with van der Waals surface area (Å²) >= 11 is 0. The highest BCUT2D eigenvalue weighted by Crippen LogP contribution is 2.28. The van der Waals surface area contributed by atoms with Crippen molar-refractivity contribution in [1.82, 2.24) is 9.78 Å². The van der Waals surface area contributed by atoms with Gasteiger partial charge >= 0.3 is 0 Å². The number of carbonyl (C=O) groups excluding carboxylic acids is 1. The zero-order chi connectivity index (χ0) is 20.9. The van der Waals surface area contributed by atoms with Crippen LogP contribution < -0.4 is 15.2 Å². The molecule has 3 aromatic rings. The molecule has 0 saturated carbocycles. The number of aromatic nitrogens is 2. The summed E-state index contributed by atoms with van der Waals surface area (Å²) in [7, 11) is 0. The minimum absolute atomic E-state index is 0.0932. The summed E-state index contributed by atoms with van der Waals surface area (Å²) in [6, 6.07) is 18.9. The lowest BCUT2D eigenvalue weighted by Crippen LogP contribution is -2.29. The third-order valence-electron chi connectivity index (χ3n) is 5.28. The van der Waals surface area contributed by atoms with E-state index in [0.717, 1.165) is 35.7 Å². The van der Waals surface area contributed by atoms with E-state index in [2.05, 4.69) is 11.2 Å². The van der Waals surface area contributed by atoms with Crippen molar-refractivity contribution in [2.45, 2.75) is 32.7 Å². The Morgan fingerprint density at radius 3 is 2.67 bits per heavy atom. The second-order valence-electron chi connectivity index (χ2n) is 7.26.